The van der Waals surface area contributed by atoms with Crippen molar-refractivity contribution in [1.29, 1.82) is 0 Å². The van der Waals surface area contributed by atoms with E-state index in [2.05, 4.69) is 20.3 Å². The van der Waals surface area contributed by atoms with Crippen LogP contribution >= 0.6 is 0 Å². The van der Waals surface area contributed by atoms with E-state index in [1.807, 2.05) is 6.92 Å². The Morgan fingerprint density at radius 2 is 2.32 bits per heavy atom. The number of amides is 1. The van der Waals surface area contributed by atoms with Gasteiger partial charge in [-0.05, 0) is 33.1 Å². The molecule has 1 aliphatic carbocycles. The van der Waals surface area contributed by atoms with Gasteiger partial charge >= 0.3 is 0 Å². The Kier molecular flexibility index (Phi) is 3.64. The molecule has 3 N–H and O–H groups in total. The third-order valence-electron chi connectivity index (χ3n) is 4.64. The lowest BCUT2D eigenvalue weighted by Gasteiger charge is -2.29. The van der Waals surface area contributed by atoms with Gasteiger partial charge in [0.25, 0.3) is 5.91 Å². The van der Waals surface area contributed by atoms with Crippen LogP contribution in [0.2, 0.25) is 0 Å². The molecule has 2 unspecified atom stereocenters. The van der Waals surface area contributed by atoms with Gasteiger partial charge in [-0.15, -0.1) is 0 Å². The van der Waals surface area contributed by atoms with Gasteiger partial charge in [0.2, 0.25) is 0 Å². The van der Waals surface area contributed by atoms with Crippen molar-refractivity contribution in [3.05, 3.63) is 23.7 Å². The Hall–Kier alpha value is -1.95. The number of rotatable bonds is 5. The number of aliphatic hydroxyl groups is 1. The van der Waals surface area contributed by atoms with Crippen LogP contribution in [0.5, 0.6) is 0 Å². The molecule has 0 radical (unpaired) electrons. The molecule has 6 nitrogen and oxygen atoms in total. The number of aromatic nitrogens is 3. The summed E-state index contributed by atoms with van der Waals surface area (Å²) in [5.74, 6) is 0.247. The molecule has 1 amide bonds. The van der Waals surface area contributed by atoms with Gasteiger partial charge in [-0.3, -0.25) is 4.79 Å². The maximum absolute atomic E-state index is 12.5. The number of H-pyrrole nitrogens is 1. The second-order valence-electron chi connectivity index (χ2n) is 6.37. The highest BCUT2D eigenvalue weighted by molar-refractivity contribution is 6.04. The number of nitrogens with one attached hydrogen (secondary N) is 2. The van der Waals surface area contributed by atoms with Gasteiger partial charge in [0, 0.05) is 12.1 Å². The van der Waals surface area contributed by atoms with Gasteiger partial charge in [0.15, 0.2) is 5.65 Å². The van der Waals surface area contributed by atoms with Crippen LogP contribution in [0.3, 0.4) is 0 Å². The largest absolute Gasteiger partial charge is 0.388 e. The Morgan fingerprint density at radius 1 is 1.59 bits per heavy atom. The fraction of sp³-hybridized carbons (Fsp3) is 0.562. The average Bonchev–Trinajstić information content (AvgIpc) is 3.26. The van der Waals surface area contributed by atoms with Crippen LogP contribution < -0.4 is 5.32 Å². The molecule has 0 spiro atoms. The Labute approximate surface area is 129 Å². The highest BCUT2D eigenvalue weighted by Gasteiger charge is 2.29. The fourth-order valence-electron chi connectivity index (χ4n) is 2.39. The van der Waals surface area contributed by atoms with Crippen molar-refractivity contribution in [2.45, 2.75) is 57.6 Å². The molecule has 1 fully saturated rings. The average molecular weight is 302 g/mol. The van der Waals surface area contributed by atoms with Crippen LogP contribution in [-0.4, -0.2) is 37.6 Å². The summed E-state index contributed by atoms with van der Waals surface area (Å²) in [5, 5.41) is 13.1. The number of carbonyl (C=O) groups excluding carboxylic acids is 1. The van der Waals surface area contributed by atoms with E-state index in [1.54, 1.807) is 26.2 Å². The molecule has 118 valence electrons. The minimum absolute atomic E-state index is 0.241. The molecule has 0 aliphatic heterocycles. The predicted octanol–water partition coefficient (Wildman–Crippen LogP) is 2.11. The standard InChI is InChI=1S/C16H22N4O2/c1-4-16(3,22)9(2)19-15(21)11-7-17-14-13(11)20-12(8-18-14)10-5-6-10/h7-10,22H,4-6H2,1-3H3,(H,17,18)(H,19,21). The lowest BCUT2D eigenvalue weighted by atomic mass is 9.95. The SMILES string of the molecule is CCC(C)(O)C(C)NC(=O)c1c[nH]c2ncc(C3CC3)nc12. The van der Waals surface area contributed by atoms with Gasteiger partial charge in [0.1, 0.15) is 5.52 Å². The van der Waals surface area contributed by atoms with Crippen LogP contribution in [0.25, 0.3) is 11.2 Å². The van der Waals surface area contributed by atoms with Gasteiger partial charge in [-0.1, -0.05) is 6.92 Å². The van der Waals surface area contributed by atoms with E-state index in [4.69, 9.17) is 0 Å². The van der Waals surface area contributed by atoms with Crippen molar-refractivity contribution in [3.63, 3.8) is 0 Å². The first-order valence-corrected chi connectivity index (χ1v) is 7.79. The molecule has 2 heterocycles. The quantitative estimate of drug-likeness (QED) is 0.789. The van der Waals surface area contributed by atoms with Crippen molar-refractivity contribution in [3.8, 4) is 0 Å². The molecule has 2 atom stereocenters. The minimum atomic E-state index is -0.938. The predicted molar refractivity (Wildman–Crippen MR) is 83.7 cm³/mol. The molecule has 0 bridgehead atoms. The van der Waals surface area contributed by atoms with Crippen LogP contribution in [-0.2, 0) is 0 Å². The van der Waals surface area contributed by atoms with Crippen molar-refractivity contribution < 1.29 is 9.90 Å². The van der Waals surface area contributed by atoms with E-state index in [9.17, 15) is 9.90 Å². The van der Waals surface area contributed by atoms with E-state index in [0.717, 1.165) is 18.5 Å². The lowest BCUT2D eigenvalue weighted by molar-refractivity contribution is 0.0212. The third kappa shape index (κ3) is 2.70. The summed E-state index contributed by atoms with van der Waals surface area (Å²) in [5.41, 5.74) is 1.71. The molecule has 1 aliphatic rings. The minimum Gasteiger partial charge on any atom is -0.388 e. The number of carbonyl (C=O) groups is 1. The highest BCUT2D eigenvalue weighted by atomic mass is 16.3. The number of hydrogen-bond donors (Lipinski definition) is 3. The van der Waals surface area contributed by atoms with Gasteiger partial charge < -0.3 is 15.4 Å². The fourth-order valence-corrected chi connectivity index (χ4v) is 2.39. The summed E-state index contributed by atoms with van der Waals surface area (Å²) in [6.07, 6.45) is 6.26. The van der Waals surface area contributed by atoms with Crippen LogP contribution in [0.15, 0.2) is 12.4 Å². The molecule has 22 heavy (non-hydrogen) atoms. The highest BCUT2D eigenvalue weighted by Crippen LogP contribution is 2.39. The monoisotopic (exact) mass is 302 g/mol. The first-order valence-electron chi connectivity index (χ1n) is 7.79. The van der Waals surface area contributed by atoms with Crippen LogP contribution in [0.1, 0.15) is 62.0 Å². The van der Waals surface area contributed by atoms with E-state index in [-0.39, 0.29) is 11.9 Å². The molecule has 3 rings (SSSR count). The number of hydrogen-bond acceptors (Lipinski definition) is 4. The first-order chi connectivity index (χ1) is 10.4. The molecule has 2 aromatic rings. The zero-order chi connectivity index (χ0) is 15.9. The number of nitrogens with zero attached hydrogens (tertiary/aromatic N) is 2. The van der Waals surface area contributed by atoms with E-state index in [1.165, 1.54) is 0 Å². The van der Waals surface area contributed by atoms with Crippen molar-refractivity contribution in [2.24, 2.45) is 0 Å². The van der Waals surface area contributed by atoms with Crippen molar-refractivity contribution >= 4 is 17.1 Å². The maximum Gasteiger partial charge on any atom is 0.255 e. The molecule has 0 saturated heterocycles. The lowest BCUT2D eigenvalue weighted by Crippen LogP contribution is -2.48. The summed E-state index contributed by atoms with van der Waals surface area (Å²) >= 11 is 0. The maximum atomic E-state index is 12.5. The summed E-state index contributed by atoms with van der Waals surface area (Å²) in [6.45, 7) is 5.41. The Bertz CT molecular complexity index is 703. The van der Waals surface area contributed by atoms with Gasteiger partial charge in [0.05, 0.1) is 29.1 Å². The second-order valence-corrected chi connectivity index (χ2v) is 6.37. The molecular formula is C16H22N4O2. The molecular weight excluding hydrogens is 280 g/mol. The number of fused-ring (bicyclic) bond motifs is 1. The Balaban J connectivity index is 1.86. The third-order valence-corrected chi connectivity index (χ3v) is 4.64. The zero-order valence-electron chi connectivity index (χ0n) is 13.2. The molecule has 2 aromatic heterocycles. The second kappa shape index (κ2) is 5.35. The molecule has 1 saturated carbocycles. The summed E-state index contributed by atoms with van der Waals surface area (Å²) < 4.78 is 0. The van der Waals surface area contributed by atoms with Crippen molar-refractivity contribution in [1.82, 2.24) is 20.3 Å². The molecule has 6 heteroatoms. The number of aromatic amines is 1. The zero-order valence-corrected chi connectivity index (χ0v) is 13.2. The van der Waals surface area contributed by atoms with Crippen molar-refractivity contribution in [2.75, 3.05) is 0 Å². The topological polar surface area (TPSA) is 90.9 Å². The van der Waals surface area contributed by atoms with Crippen LogP contribution in [0, 0.1) is 0 Å². The van der Waals surface area contributed by atoms with E-state index in [0.29, 0.717) is 29.1 Å². The summed E-state index contributed by atoms with van der Waals surface area (Å²) in [4.78, 5) is 24.4. The molecule has 0 aromatic carbocycles. The van der Waals surface area contributed by atoms with E-state index >= 15 is 0 Å². The van der Waals surface area contributed by atoms with Crippen LogP contribution in [0.4, 0.5) is 0 Å². The smallest absolute Gasteiger partial charge is 0.255 e. The van der Waals surface area contributed by atoms with Gasteiger partial charge in [-0.25, -0.2) is 9.97 Å². The normalized spacial score (nSPS) is 18.9. The van der Waals surface area contributed by atoms with Gasteiger partial charge in [-0.2, -0.15) is 0 Å². The summed E-state index contributed by atoms with van der Waals surface area (Å²) in [7, 11) is 0. The van der Waals surface area contributed by atoms with E-state index < -0.39 is 5.60 Å². The Morgan fingerprint density at radius 3 is 2.95 bits per heavy atom. The first kappa shape index (κ1) is 15.0. The summed E-state index contributed by atoms with van der Waals surface area (Å²) in [6, 6.07) is -0.352.